The molecule has 0 aromatic heterocycles. The fraction of sp³-hybridized carbons (Fsp3) is 0.457. The lowest BCUT2D eigenvalue weighted by Crippen LogP contribution is -2.44. The molecule has 43 heavy (non-hydrogen) atoms. The number of ether oxygens (including phenoxy) is 2. The first-order chi connectivity index (χ1) is 20.2. The van der Waals surface area contributed by atoms with Crippen LogP contribution in [-0.2, 0) is 14.4 Å². The third-order valence-electron chi connectivity index (χ3n) is 8.69. The number of methoxy groups -OCH3 is 1. The number of Topliss-reactive ketones (excluding diaryl/α,β-unsaturated/α-hetero) is 2. The molecule has 0 fully saturated rings. The summed E-state index contributed by atoms with van der Waals surface area (Å²) < 4.78 is 12.5. The first kappa shape index (κ1) is 31.3. The van der Waals surface area contributed by atoms with Gasteiger partial charge in [-0.1, -0.05) is 45.9 Å². The van der Waals surface area contributed by atoms with E-state index in [0.717, 1.165) is 55.8 Å². The zero-order valence-electron chi connectivity index (χ0n) is 26.2. The number of para-hydroxylation sites is 1. The number of hydrogen-bond acceptors (Lipinski definition) is 6. The van der Waals surface area contributed by atoms with Gasteiger partial charge in [0.25, 0.3) is 5.91 Å². The van der Waals surface area contributed by atoms with E-state index in [2.05, 4.69) is 67.4 Å². The number of carbonyl (C=O) groups excluding carboxylic acids is 3. The molecule has 1 amide bonds. The second kappa shape index (κ2) is 11.7. The summed E-state index contributed by atoms with van der Waals surface area (Å²) in [6.45, 7) is 13.1. The highest BCUT2D eigenvalue weighted by Gasteiger charge is 2.48. The van der Waals surface area contributed by atoms with Gasteiger partial charge in [0.15, 0.2) is 29.7 Å². The molecule has 1 aliphatic heterocycles. The summed E-state index contributed by atoms with van der Waals surface area (Å²) in [6.07, 6.45) is 2.42. The van der Waals surface area contributed by atoms with E-state index >= 15 is 0 Å². The van der Waals surface area contributed by atoms with E-state index in [-0.39, 0.29) is 34.9 Å². The summed E-state index contributed by atoms with van der Waals surface area (Å²) in [5.74, 6) is 0.356. The fourth-order valence-electron chi connectivity index (χ4n) is 6.85. The average molecular weight is 697 g/mol. The Hall–Kier alpha value is -3.14. The van der Waals surface area contributed by atoms with E-state index in [1.165, 1.54) is 0 Å². The Morgan fingerprint density at radius 1 is 0.977 bits per heavy atom. The first-order valence-electron chi connectivity index (χ1n) is 14.9. The maximum Gasteiger partial charge on any atom is 0.262 e. The molecule has 1 N–H and O–H groups in total. The van der Waals surface area contributed by atoms with E-state index < -0.39 is 5.92 Å². The van der Waals surface area contributed by atoms with Crippen LogP contribution in [0.2, 0.25) is 0 Å². The van der Waals surface area contributed by atoms with Crippen molar-refractivity contribution in [2.24, 2.45) is 10.8 Å². The van der Waals surface area contributed by atoms with Crippen LogP contribution in [0.15, 0.2) is 58.9 Å². The molecule has 0 spiro atoms. The second-order valence-electron chi connectivity index (χ2n) is 13.5. The van der Waals surface area contributed by atoms with Crippen molar-refractivity contribution in [3.05, 3.63) is 73.6 Å². The molecule has 3 aliphatic rings. The molecule has 5 rings (SSSR count). The average Bonchev–Trinajstić information content (AvgIpc) is 2.91. The van der Waals surface area contributed by atoms with Crippen LogP contribution in [0.25, 0.3) is 0 Å². The molecule has 0 saturated heterocycles. The molecule has 228 valence electrons. The summed E-state index contributed by atoms with van der Waals surface area (Å²) in [5.41, 5.74) is 5.75. The van der Waals surface area contributed by atoms with Gasteiger partial charge in [0.1, 0.15) is 0 Å². The van der Waals surface area contributed by atoms with Crippen molar-refractivity contribution in [2.75, 3.05) is 25.6 Å². The van der Waals surface area contributed by atoms with Crippen LogP contribution in [0.3, 0.4) is 0 Å². The Labute approximate surface area is 268 Å². The number of aryl methyl sites for hydroxylation is 1. The number of nitrogens with zero attached hydrogens (tertiary/aromatic N) is 1. The number of allylic oxidation sites excluding steroid dienone is 4. The van der Waals surface area contributed by atoms with Gasteiger partial charge in [-0.3, -0.25) is 14.4 Å². The quantitative estimate of drug-likeness (QED) is 0.306. The Morgan fingerprint density at radius 3 is 2.09 bits per heavy atom. The van der Waals surface area contributed by atoms with Crippen molar-refractivity contribution in [1.29, 1.82) is 0 Å². The van der Waals surface area contributed by atoms with Gasteiger partial charge in [-0.25, -0.2) is 0 Å². The number of halogens is 1. The molecular weight excluding hydrogens is 655 g/mol. The number of benzene rings is 2. The molecule has 0 unspecified atom stereocenters. The highest BCUT2D eigenvalue weighted by atomic mass is 127. The SMILES string of the molecule is CCN1C2=C(C(=O)CC(C)(C)C2)C(c2cc(I)c(OCC(=O)Nc3ccccc3C)c(OC)c2)C2=C1CC(C)(C)CC2=O. The van der Waals surface area contributed by atoms with Crippen molar-refractivity contribution in [3.8, 4) is 11.5 Å². The third kappa shape index (κ3) is 6.12. The van der Waals surface area contributed by atoms with Crippen LogP contribution in [0.5, 0.6) is 11.5 Å². The van der Waals surface area contributed by atoms with Crippen LogP contribution in [0.4, 0.5) is 5.69 Å². The van der Waals surface area contributed by atoms with Gasteiger partial charge in [0, 0.05) is 53.5 Å². The molecule has 7 nitrogen and oxygen atoms in total. The zero-order chi connectivity index (χ0) is 31.3. The van der Waals surface area contributed by atoms with Gasteiger partial charge in [0.2, 0.25) is 0 Å². The van der Waals surface area contributed by atoms with Crippen molar-refractivity contribution in [2.45, 2.75) is 73.1 Å². The molecule has 2 aromatic rings. The Balaban J connectivity index is 1.56. The summed E-state index contributed by atoms with van der Waals surface area (Å²) in [7, 11) is 1.56. The number of rotatable bonds is 7. The Kier molecular flexibility index (Phi) is 8.55. The fourth-order valence-corrected chi connectivity index (χ4v) is 7.63. The van der Waals surface area contributed by atoms with Crippen molar-refractivity contribution < 1.29 is 23.9 Å². The molecule has 0 bridgehead atoms. The van der Waals surface area contributed by atoms with Crippen molar-refractivity contribution >= 4 is 45.8 Å². The lowest BCUT2D eigenvalue weighted by molar-refractivity contribution is -0.120. The summed E-state index contributed by atoms with van der Waals surface area (Å²) in [5, 5.41) is 2.90. The highest BCUT2D eigenvalue weighted by molar-refractivity contribution is 14.1. The van der Waals surface area contributed by atoms with Gasteiger partial charge in [-0.15, -0.1) is 0 Å². The smallest absolute Gasteiger partial charge is 0.262 e. The van der Waals surface area contributed by atoms with E-state index in [1.807, 2.05) is 43.3 Å². The van der Waals surface area contributed by atoms with E-state index in [4.69, 9.17) is 9.47 Å². The van der Waals surface area contributed by atoms with Crippen molar-refractivity contribution in [3.63, 3.8) is 0 Å². The van der Waals surface area contributed by atoms with Crippen LogP contribution in [0, 0.1) is 21.3 Å². The molecule has 0 radical (unpaired) electrons. The van der Waals surface area contributed by atoms with E-state index in [9.17, 15) is 14.4 Å². The summed E-state index contributed by atoms with van der Waals surface area (Å²) in [4.78, 5) is 42.9. The summed E-state index contributed by atoms with van der Waals surface area (Å²) >= 11 is 2.19. The molecule has 1 heterocycles. The molecule has 2 aliphatic carbocycles. The first-order valence-corrected chi connectivity index (χ1v) is 16.0. The van der Waals surface area contributed by atoms with Gasteiger partial charge in [-0.2, -0.15) is 0 Å². The normalized spacial score (nSPS) is 19.7. The largest absolute Gasteiger partial charge is 0.493 e. The zero-order valence-corrected chi connectivity index (χ0v) is 28.3. The molecular formula is C35H41IN2O5. The number of hydrogen-bond donors (Lipinski definition) is 1. The standard InChI is InChI=1S/C35H41IN2O5/c1-8-38-24-15-34(3,4)17-26(39)31(24)30(32-25(38)16-35(5,6)18-27(32)40)21-13-22(36)33(28(14-21)42-7)43-19-29(41)37-23-12-10-9-11-20(23)2/h9-14,30H,8,15-19H2,1-7H3,(H,37,41). The Morgan fingerprint density at radius 2 is 1.56 bits per heavy atom. The molecule has 0 saturated carbocycles. The van der Waals surface area contributed by atoms with E-state index in [0.29, 0.717) is 30.9 Å². The van der Waals surface area contributed by atoms with Crippen LogP contribution in [0.1, 0.15) is 77.3 Å². The highest BCUT2D eigenvalue weighted by Crippen LogP contribution is 2.55. The third-order valence-corrected chi connectivity index (χ3v) is 9.49. The predicted octanol–water partition coefficient (Wildman–Crippen LogP) is 7.33. The molecule has 0 atom stereocenters. The van der Waals surface area contributed by atoms with E-state index in [1.54, 1.807) is 7.11 Å². The van der Waals surface area contributed by atoms with Gasteiger partial charge in [0.05, 0.1) is 10.7 Å². The number of carbonyl (C=O) groups is 3. The number of amides is 1. The van der Waals surface area contributed by atoms with Crippen LogP contribution in [-0.4, -0.2) is 42.6 Å². The van der Waals surface area contributed by atoms with Gasteiger partial charge in [-0.05, 0) is 89.4 Å². The minimum absolute atomic E-state index is 0.0982. The minimum atomic E-state index is -0.471. The summed E-state index contributed by atoms with van der Waals surface area (Å²) in [6, 6.07) is 11.4. The van der Waals surface area contributed by atoms with Crippen LogP contribution >= 0.6 is 22.6 Å². The lowest BCUT2D eigenvalue weighted by atomic mass is 9.63. The topological polar surface area (TPSA) is 84.9 Å². The maximum absolute atomic E-state index is 13.9. The predicted molar refractivity (Wildman–Crippen MR) is 176 cm³/mol. The molecule has 2 aromatic carbocycles. The van der Waals surface area contributed by atoms with Crippen molar-refractivity contribution in [1.82, 2.24) is 4.90 Å². The number of nitrogens with one attached hydrogen (secondary N) is 1. The lowest BCUT2D eigenvalue weighted by Gasteiger charge is -2.49. The monoisotopic (exact) mass is 696 g/mol. The Bertz CT molecular complexity index is 1510. The van der Waals surface area contributed by atoms with Gasteiger partial charge < -0.3 is 19.7 Å². The second-order valence-corrected chi connectivity index (χ2v) is 14.6. The molecule has 8 heteroatoms. The number of anilines is 1. The minimum Gasteiger partial charge on any atom is -0.493 e. The van der Waals surface area contributed by atoms with Crippen LogP contribution < -0.4 is 14.8 Å². The maximum atomic E-state index is 13.9. The number of ketones is 2. The van der Waals surface area contributed by atoms with Gasteiger partial charge >= 0.3 is 0 Å².